The van der Waals surface area contributed by atoms with Gasteiger partial charge in [-0.3, -0.25) is 9.59 Å². The summed E-state index contributed by atoms with van der Waals surface area (Å²) in [5.41, 5.74) is 0.823. The maximum Gasteiger partial charge on any atom is 0.242 e. The van der Waals surface area contributed by atoms with Crippen LogP contribution in [0.25, 0.3) is 10.9 Å². The molecule has 2 aliphatic heterocycles. The van der Waals surface area contributed by atoms with Crippen molar-refractivity contribution < 1.29 is 4.79 Å². The predicted octanol–water partition coefficient (Wildman–Crippen LogP) is 1.78. The number of nitrogens with zero attached hydrogens (tertiary/aromatic N) is 2. The Morgan fingerprint density at radius 1 is 1.12 bits per heavy atom. The fourth-order valence-corrected chi connectivity index (χ4v) is 3.81. The third-order valence-electron chi connectivity index (χ3n) is 5.07. The number of likely N-dealkylation sites (tertiary alicyclic amines) is 1. The third kappa shape index (κ3) is 3.19. The van der Waals surface area contributed by atoms with Crippen molar-refractivity contribution in [3.63, 3.8) is 0 Å². The van der Waals surface area contributed by atoms with Crippen LogP contribution in [0.15, 0.2) is 41.3 Å². The molecule has 6 heteroatoms. The van der Waals surface area contributed by atoms with Crippen LogP contribution in [0.5, 0.6) is 0 Å². The van der Waals surface area contributed by atoms with Crippen molar-refractivity contribution in [2.75, 3.05) is 13.1 Å². The molecule has 0 radical (unpaired) electrons. The van der Waals surface area contributed by atoms with Crippen LogP contribution in [0.2, 0.25) is 0 Å². The van der Waals surface area contributed by atoms with Gasteiger partial charge in [-0.25, -0.2) is 0 Å². The molecule has 3 heterocycles. The summed E-state index contributed by atoms with van der Waals surface area (Å²) in [7, 11) is 0. The zero-order chi connectivity index (χ0) is 15.8. The Hall–Kier alpha value is -1.85. The number of amides is 1. The first kappa shape index (κ1) is 17.0. The highest BCUT2D eigenvalue weighted by Gasteiger charge is 2.31. The molecule has 5 nitrogen and oxygen atoms in total. The number of para-hydroxylation sites is 1. The van der Waals surface area contributed by atoms with E-state index in [0.717, 1.165) is 31.4 Å². The number of pyridine rings is 1. The highest BCUT2D eigenvalue weighted by Crippen LogP contribution is 2.20. The summed E-state index contributed by atoms with van der Waals surface area (Å²) in [4.78, 5) is 26.6. The van der Waals surface area contributed by atoms with Crippen molar-refractivity contribution >= 4 is 29.2 Å². The highest BCUT2D eigenvalue weighted by atomic mass is 35.5. The van der Waals surface area contributed by atoms with Crippen LogP contribution in [0.4, 0.5) is 0 Å². The van der Waals surface area contributed by atoms with Gasteiger partial charge in [0.1, 0.15) is 6.54 Å². The third-order valence-corrected chi connectivity index (χ3v) is 5.07. The van der Waals surface area contributed by atoms with E-state index in [4.69, 9.17) is 0 Å². The first-order valence-corrected chi connectivity index (χ1v) is 8.33. The maximum atomic E-state index is 12.7. The SMILES string of the molecule is Cl.O=C(Cn1ccc(=O)c2ccccc21)N1CCC2CCC(C1)N2. The molecule has 4 rings (SSSR count). The lowest BCUT2D eigenvalue weighted by Gasteiger charge is -2.25. The second-order valence-electron chi connectivity index (χ2n) is 6.59. The summed E-state index contributed by atoms with van der Waals surface area (Å²) in [6.07, 6.45) is 5.16. The van der Waals surface area contributed by atoms with Gasteiger partial charge in [-0.2, -0.15) is 0 Å². The number of hydrogen-bond donors (Lipinski definition) is 1. The number of hydrogen-bond acceptors (Lipinski definition) is 3. The molecule has 24 heavy (non-hydrogen) atoms. The fraction of sp³-hybridized carbons (Fsp3) is 0.444. The van der Waals surface area contributed by atoms with Crippen LogP contribution >= 0.6 is 12.4 Å². The molecule has 0 spiro atoms. The summed E-state index contributed by atoms with van der Waals surface area (Å²) < 4.78 is 1.88. The molecule has 2 saturated heterocycles. The minimum Gasteiger partial charge on any atom is -0.340 e. The molecule has 2 fully saturated rings. The number of carbonyl (C=O) groups is 1. The first-order chi connectivity index (χ1) is 11.2. The van der Waals surface area contributed by atoms with Gasteiger partial charge in [-0.05, 0) is 31.4 Å². The number of aromatic nitrogens is 1. The second kappa shape index (κ2) is 6.95. The van der Waals surface area contributed by atoms with E-state index in [9.17, 15) is 9.59 Å². The number of carbonyl (C=O) groups excluding carboxylic acids is 1. The van der Waals surface area contributed by atoms with Crippen molar-refractivity contribution in [2.45, 2.75) is 37.9 Å². The van der Waals surface area contributed by atoms with E-state index in [1.165, 1.54) is 6.42 Å². The standard InChI is InChI=1S/C18H21N3O2.ClH/c22-17-8-10-20(16-4-2-1-3-15(16)17)12-18(23)21-9-7-13-5-6-14(11-21)19-13;/h1-4,8,10,13-14,19H,5-7,9,11-12H2;1H. The molecule has 2 aliphatic rings. The number of nitrogens with one attached hydrogen (secondary N) is 1. The molecular formula is C18H22ClN3O2. The molecule has 1 aromatic carbocycles. The van der Waals surface area contributed by atoms with Crippen molar-refractivity contribution in [3.8, 4) is 0 Å². The lowest BCUT2D eigenvalue weighted by molar-refractivity contribution is -0.132. The molecule has 2 aromatic rings. The van der Waals surface area contributed by atoms with Gasteiger partial charge in [-0.1, -0.05) is 12.1 Å². The summed E-state index contributed by atoms with van der Waals surface area (Å²) >= 11 is 0. The van der Waals surface area contributed by atoms with Crippen molar-refractivity contribution in [3.05, 3.63) is 46.8 Å². The molecule has 2 unspecified atom stereocenters. The van der Waals surface area contributed by atoms with E-state index in [2.05, 4.69) is 5.32 Å². The average Bonchev–Trinajstić information content (AvgIpc) is 2.89. The Balaban J connectivity index is 0.00000169. The monoisotopic (exact) mass is 347 g/mol. The second-order valence-corrected chi connectivity index (χ2v) is 6.59. The molecule has 128 valence electrons. The lowest BCUT2D eigenvalue weighted by Crippen LogP contribution is -2.40. The fourth-order valence-electron chi connectivity index (χ4n) is 3.81. The van der Waals surface area contributed by atoms with Gasteiger partial charge < -0.3 is 14.8 Å². The summed E-state index contributed by atoms with van der Waals surface area (Å²) in [6, 6.07) is 10.0. The molecule has 2 atom stereocenters. The topological polar surface area (TPSA) is 54.3 Å². The van der Waals surface area contributed by atoms with Gasteiger partial charge in [0.25, 0.3) is 0 Å². The molecule has 2 bridgehead atoms. The van der Waals surface area contributed by atoms with Gasteiger partial charge in [0.2, 0.25) is 5.91 Å². The maximum absolute atomic E-state index is 12.7. The highest BCUT2D eigenvalue weighted by molar-refractivity contribution is 5.85. The Labute approximate surface area is 147 Å². The molecular weight excluding hydrogens is 326 g/mol. The first-order valence-electron chi connectivity index (χ1n) is 8.33. The Bertz CT molecular complexity index is 804. The van der Waals surface area contributed by atoms with Crippen LogP contribution in [0.3, 0.4) is 0 Å². The normalized spacial score (nSPS) is 22.9. The van der Waals surface area contributed by atoms with E-state index < -0.39 is 0 Å². The van der Waals surface area contributed by atoms with Crippen LogP contribution < -0.4 is 10.7 Å². The quantitative estimate of drug-likeness (QED) is 0.901. The molecule has 1 N–H and O–H groups in total. The minimum absolute atomic E-state index is 0. The predicted molar refractivity (Wildman–Crippen MR) is 96.6 cm³/mol. The number of halogens is 1. The zero-order valence-electron chi connectivity index (χ0n) is 13.5. The van der Waals surface area contributed by atoms with Gasteiger partial charge in [0, 0.05) is 42.8 Å². The smallest absolute Gasteiger partial charge is 0.242 e. The van der Waals surface area contributed by atoms with Crippen LogP contribution in [0, 0.1) is 0 Å². The van der Waals surface area contributed by atoms with Gasteiger partial charge in [-0.15, -0.1) is 12.4 Å². The van der Waals surface area contributed by atoms with E-state index in [1.807, 2.05) is 33.7 Å². The van der Waals surface area contributed by atoms with Crippen molar-refractivity contribution in [1.82, 2.24) is 14.8 Å². The van der Waals surface area contributed by atoms with Gasteiger partial charge in [0.15, 0.2) is 5.43 Å². The van der Waals surface area contributed by atoms with Crippen LogP contribution in [-0.2, 0) is 11.3 Å². The Kier molecular flexibility index (Phi) is 4.92. The number of benzene rings is 1. The lowest BCUT2D eigenvalue weighted by atomic mass is 10.1. The van der Waals surface area contributed by atoms with E-state index in [1.54, 1.807) is 12.3 Å². The zero-order valence-corrected chi connectivity index (χ0v) is 14.3. The van der Waals surface area contributed by atoms with Crippen LogP contribution in [0.1, 0.15) is 19.3 Å². The van der Waals surface area contributed by atoms with E-state index in [0.29, 0.717) is 17.5 Å². The molecule has 0 saturated carbocycles. The van der Waals surface area contributed by atoms with E-state index in [-0.39, 0.29) is 30.3 Å². The van der Waals surface area contributed by atoms with Crippen molar-refractivity contribution in [2.24, 2.45) is 0 Å². The van der Waals surface area contributed by atoms with E-state index >= 15 is 0 Å². The molecule has 1 aromatic heterocycles. The van der Waals surface area contributed by atoms with Crippen LogP contribution in [-0.4, -0.2) is 40.5 Å². The summed E-state index contributed by atoms with van der Waals surface area (Å²) in [5.74, 6) is 0.133. The molecule has 0 aliphatic carbocycles. The largest absolute Gasteiger partial charge is 0.340 e. The number of fused-ring (bicyclic) bond motifs is 3. The minimum atomic E-state index is 0. The Morgan fingerprint density at radius 3 is 2.79 bits per heavy atom. The average molecular weight is 348 g/mol. The Morgan fingerprint density at radius 2 is 1.92 bits per heavy atom. The molecule has 1 amide bonds. The van der Waals surface area contributed by atoms with Gasteiger partial charge in [0.05, 0.1) is 5.52 Å². The van der Waals surface area contributed by atoms with Gasteiger partial charge >= 0.3 is 0 Å². The summed E-state index contributed by atoms with van der Waals surface area (Å²) in [6.45, 7) is 1.91. The number of rotatable bonds is 2. The van der Waals surface area contributed by atoms with Crippen molar-refractivity contribution in [1.29, 1.82) is 0 Å². The summed E-state index contributed by atoms with van der Waals surface area (Å²) in [5, 5.41) is 4.26.